The standard InChI is InChI=1S/C13H14F3NO3/c14-13(15,16)12(7-11(17,8-12)10(18)19)20-6-9-4-2-1-3-5-9/h1-5H,6-8,17H2,(H,18,19). The molecule has 0 bridgehead atoms. The zero-order valence-corrected chi connectivity index (χ0v) is 10.5. The number of hydrogen-bond acceptors (Lipinski definition) is 3. The van der Waals surface area contributed by atoms with Gasteiger partial charge >= 0.3 is 12.1 Å². The number of aliphatic carboxylic acids is 1. The smallest absolute Gasteiger partial charge is 0.417 e. The first kappa shape index (κ1) is 14.8. The van der Waals surface area contributed by atoms with Gasteiger partial charge in [-0.3, -0.25) is 4.79 Å². The molecular formula is C13H14F3NO3. The van der Waals surface area contributed by atoms with Gasteiger partial charge in [0.2, 0.25) is 0 Å². The number of carboxylic acid groups (broad SMARTS) is 1. The average Bonchev–Trinajstić information content (AvgIpc) is 2.32. The van der Waals surface area contributed by atoms with E-state index in [1.54, 1.807) is 30.3 Å². The third kappa shape index (κ3) is 2.51. The first-order chi connectivity index (χ1) is 9.19. The highest BCUT2D eigenvalue weighted by Gasteiger charge is 2.70. The van der Waals surface area contributed by atoms with Crippen molar-refractivity contribution in [1.29, 1.82) is 0 Å². The minimum absolute atomic E-state index is 0.240. The van der Waals surface area contributed by atoms with E-state index in [4.69, 9.17) is 15.6 Å². The number of halogens is 3. The van der Waals surface area contributed by atoms with Crippen LogP contribution in [0.25, 0.3) is 0 Å². The molecule has 0 radical (unpaired) electrons. The Hall–Kier alpha value is -1.60. The Bertz CT molecular complexity index is 495. The predicted molar refractivity (Wildman–Crippen MR) is 63.8 cm³/mol. The Morgan fingerprint density at radius 3 is 2.30 bits per heavy atom. The van der Waals surface area contributed by atoms with Crippen LogP contribution in [-0.4, -0.2) is 28.4 Å². The van der Waals surface area contributed by atoms with E-state index in [9.17, 15) is 18.0 Å². The lowest BCUT2D eigenvalue weighted by atomic mass is 9.64. The molecule has 1 aliphatic rings. The quantitative estimate of drug-likeness (QED) is 0.890. The second-order valence-corrected chi connectivity index (χ2v) is 5.08. The van der Waals surface area contributed by atoms with Crippen molar-refractivity contribution in [3.63, 3.8) is 0 Å². The minimum atomic E-state index is -4.65. The Morgan fingerprint density at radius 1 is 1.30 bits per heavy atom. The van der Waals surface area contributed by atoms with Gasteiger partial charge in [0.15, 0.2) is 5.60 Å². The summed E-state index contributed by atoms with van der Waals surface area (Å²) in [7, 11) is 0. The molecule has 0 saturated heterocycles. The van der Waals surface area contributed by atoms with Crippen LogP contribution in [0.1, 0.15) is 18.4 Å². The Morgan fingerprint density at radius 2 is 1.85 bits per heavy atom. The van der Waals surface area contributed by atoms with Gasteiger partial charge in [-0.05, 0) is 5.56 Å². The Balaban J connectivity index is 2.10. The average molecular weight is 289 g/mol. The summed E-state index contributed by atoms with van der Waals surface area (Å²) < 4.78 is 44.3. The molecule has 2 rings (SSSR count). The second kappa shape index (κ2) is 4.75. The van der Waals surface area contributed by atoms with Gasteiger partial charge < -0.3 is 15.6 Å². The number of alkyl halides is 3. The van der Waals surface area contributed by atoms with E-state index in [0.717, 1.165) is 0 Å². The number of rotatable bonds is 4. The fourth-order valence-corrected chi connectivity index (χ4v) is 2.30. The van der Waals surface area contributed by atoms with Gasteiger partial charge in [0.1, 0.15) is 5.54 Å². The summed E-state index contributed by atoms with van der Waals surface area (Å²) in [5, 5.41) is 8.83. The van der Waals surface area contributed by atoms with E-state index >= 15 is 0 Å². The molecule has 0 atom stereocenters. The number of nitrogens with two attached hydrogens (primary N) is 1. The first-order valence-electron chi connectivity index (χ1n) is 5.95. The SMILES string of the molecule is NC1(C(=O)O)CC(OCc2ccccc2)(C(F)(F)F)C1. The fourth-order valence-electron chi connectivity index (χ4n) is 2.30. The van der Waals surface area contributed by atoms with E-state index in [2.05, 4.69) is 0 Å². The normalized spacial score (nSPS) is 29.8. The molecule has 0 unspecified atom stereocenters. The number of ether oxygens (including phenoxy) is 1. The molecule has 7 heteroatoms. The predicted octanol–water partition coefficient (Wildman–Crippen LogP) is 2.08. The zero-order chi connectivity index (χ0) is 15.0. The largest absolute Gasteiger partial charge is 0.480 e. The van der Waals surface area contributed by atoms with Gasteiger partial charge in [0.05, 0.1) is 6.61 Å². The lowest BCUT2D eigenvalue weighted by Crippen LogP contribution is -2.72. The highest BCUT2D eigenvalue weighted by molar-refractivity contribution is 5.80. The van der Waals surface area contributed by atoms with Crippen LogP contribution in [0, 0.1) is 0 Å². The lowest BCUT2D eigenvalue weighted by molar-refractivity contribution is -0.321. The molecule has 1 saturated carbocycles. The van der Waals surface area contributed by atoms with Crippen molar-refractivity contribution >= 4 is 5.97 Å². The summed E-state index contributed by atoms with van der Waals surface area (Å²) >= 11 is 0. The Kier molecular flexibility index (Phi) is 3.51. The maximum atomic E-state index is 13.1. The number of carboxylic acids is 1. The molecule has 1 fully saturated rings. The van der Waals surface area contributed by atoms with Crippen LogP contribution >= 0.6 is 0 Å². The molecule has 0 heterocycles. The summed E-state index contributed by atoms with van der Waals surface area (Å²) in [6.45, 7) is -0.240. The van der Waals surface area contributed by atoms with Crippen LogP contribution in [0.2, 0.25) is 0 Å². The molecule has 0 aliphatic heterocycles. The zero-order valence-electron chi connectivity index (χ0n) is 10.5. The third-order valence-corrected chi connectivity index (χ3v) is 3.50. The monoisotopic (exact) mass is 289 g/mol. The molecule has 1 aliphatic carbocycles. The third-order valence-electron chi connectivity index (χ3n) is 3.50. The number of carbonyl (C=O) groups is 1. The summed E-state index contributed by atoms with van der Waals surface area (Å²) in [6.07, 6.45) is -6.20. The molecule has 3 N–H and O–H groups in total. The van der Waals surface area contributed by atoms with Crippen molar-refractivity contribution in [3.05, 3.63) is 35.9 Å². The first-order valence-corrected chi connectivity index (χ1v) is 5.95. The van der Waals surface area contributed by atoms with E-state index in [1.807, 2.05) is 0 Å². The van der Waals surface area contributed by atoms with Crippen LogP contribution in [0.15, 0.2) is 30.3 Å². The minimum Gasteiger partial charge on any atom is -0.480 e. The van der Waals surface area contributed by atoms with Gasteiger partial charge in [-0.15, -0.1) is 0 Å². The molecule has 110 valence electrons. The summed E-state index contributed by atoms with van der Waals surface area (Å²) in [6, 6.07) is 8.38. The van der Waals surface area contributed by atoms with E-state index in [-0.39, 0.29) is 6.61 Å². The Labute approximate surface area is 113 Å². The molecule has 0 spiro atoms. The van der Waals surface area contributed by atoms with Gasteiger partial charge in [0, 0.05) is 12.8 Å². The van der Waals surface area contributed by atoms with Crippen LogP contribution in [0.4, 0.5) is 13.2 Å². The van der Waals surface area contributed by atoms with Crippen LogP contribution in [0.5, 0.6) is 0 Å². The van der Waals surface area contributed by atoms with E-state index < -0.39 is 36.1 Å². The topological polar surface area (TPSA) is 72.6 Å². The summed E-state index contributed by atoms with van der Waals surface area (Å²) in [5.41, 5.74) is 1.65. The summed E-state index contributed by atoms with van der Waals surface area (Å²) in [5.74, 6) is -1.44. The van der Waals surface area contributed by atoms with Crippen molar-refractivity contribution in [2.24, 2.45) is 5.73 Å². The molecule has 20 heavy (non-hydrogen) atoms. The lowest BCUT2D eigenvalue weighted by Gasteiger charge is -2.51. The van der Waals surface area contributed by atoms with Gasteiger partial charge in [-0.1, -0.05) is 30.3 Å². The van der Waals surface area contributed by atoms with Gasteiger partial charge in [-0.25, -0.2) is 0 Å². The number of benzene rings is 1. The molecular weight excluding hydrogens is 275 g/mol. The van der Waals surface area contributed by atoms with Crippen molar-refractivity contribution in [2.45, 2.75) is 36.8 Å². The molecule has 0 aromatic heterocycles. The van der Waals surface area contributed by atoms with Crippen LogP contribution in [0.3, 0.4) is 0 Å². The fraction of sp³-hybridized carbons (Fsp3) is 0.462. The summed E-state index contributed by atoms with van der Waals surface area (Å²) in [4.78, 5) is 10.8. The highest BCUT2D eigenvalue weighted by Crippen LogP contribution is 2.52. The molecule has 1 aromatic carbocycles. The van der Waals surface area contributed by atoms with Crippen molar-refractivity contribution in [1.82, 2.24) is 0 Å². The maximum Gasteiger partial charge on any atom is 0.417 e. The van der Waals surface area contributed by atoms with E-state index in [1.165, 1.54) is 0 Å². The molecule has 1 aromatic rings. The van der Waals surface area contributed by atoms with Crippen molar-refractivity contribution in [3.8, 4) is 0 Å². The van der Waals surface area contributed by atoms with Crippen molar-refractivity contribution < 1.29 is 27.8 Å². The van der Waals surface area contributed by atoms with Gasteiger partial charge in [0.25, 0.3) is 0 Å². The van der Waals surface area contributed by atoms with Gasteiger partial charge in [-0.2, -0.15) is 13.2 Å². The maximum absolute atomic E-state index is 13.1. The highest BCUT2D eigenvalue weighted by atomic mass is 19.4. The molecule has 4 nitrogen and oxygen atoms in total. The number of hydrogen-bond donors (Lipinski definition) is 2. The van der Waals surface area contributed by atoms with Crippen molar-refractivity contribution in [2.75, 3.05) is 0 Å². The second-order valence-electron chi connectivity index (χ2n) is 5.08. The molecule has 0 amide bonds. The van der Waals surface area contributed by atoms with Crippen LogP contribution in [-0.2, 0) is 16.1 Å². The van der Waals surface area contributed by atoms with Crippen LogP contribution < -0.4 is 5.73 Å². The van der Waals surface area contributed by atoms with E-state index in [0.29, 0.717) is 5.56 Å².